The van der Waals surface area contributed by atoms with Gasteiger partial charge >= 0.3 is 0 Å². The lowest BCUT2D eigenvalue weighted by atomic mass is 10.1. The Morgan fingerprint density at radius 1 is 1.36 bits per heavy atom. The van der Waals surface area contributed by atoms with Crippen LogP contribution in [0.15, 0.2) is 24.3 Å². The zero-order valence-electron chi connectivity index (χ0n) is 9.13. The molecule has 0 fully saturated rings. The lowest BCUT2D eigenvalue weighted by Gasteiger charge is -2.27. The first-order chi connectivity index (χ1) is 6.70. The van der Waals surface area contributed by atoms with Gasteiger partial charge in [0.15, 0.2) is 0 Å². The Balaban J connectivity index is 2.93. The Morgan fingerprint density at radius 3 is 2.57 bits per heavy atom. The average Bonchev–Trinajstić information content (AvgIpc) is 2.26. The summed E-state index contributed by atoms with van der Waals surface area (Å²) in [6.45, 7) is 4.48. The van der Waals surface area contributed by atoms with Crippen molar-refractivity contribution in [2.24, 2.45) is 0 Å². The highest BCUT2D eigenvalue weighted by molar-refractivity contribution is 9.08. The fourth-order valence-corrected chi connectivity index (χ4v) is 1.95. The van der Waals surface area contributed by atoms with Crippen LogP contribution in [0.2, 0.25) is 0 Å². The Hall–Kier alpha value is -0.500. The van der Waals surface area contributed by atoms with Crippen molar-refractivity contribution in [2.75, 3.05) is 11.9 Å². The van der Waals surface area contributed by atoms with Crippen LogP contribution in [0.4, 0.5) is 5.69 Å². The Labute approximate surface area is 95.2 Å². The van der Waals surface area contributed by atoms with E-state index in [2.05, 4.69) is 66.0 Å². The van der Waals surface area contributed by atoms with Crippen LogP contribution in [0.5, 0.6) is 0 Å². The number of hydrogen-bond donors (Lipinski definition) is 0. The SMILES string of the molecule is CCC(C)N(C)c1ccccc1CBr. The second kappa shape index (κ2) is 5.40. The second-order valence-corrected chi connectivity index (χ2v) is 4.19. The van der Waals surface area contributed by atoms with Crippen molar-refractivity contribution >= 4 is 21.6 Å². The van der Waals surface area contributed by atoms with Crippen molar-refractivity contribution in [1.29, 1.82) is 0 Å². The van der Waals surface area contributed by atoms with Crippen LogP contribution >= 0.6 is 15.9 Å². The van der Waals surface area contributed by atoms with Gasteiger partial charge in [-0.1, -0.05) is 41.1 Å². The minimum Gasteiger partial charge on any atom is -0.372 e. The summed E-state index contributed by atoms with van der Waals surface area (Å²) in [7, 11) is 2.16. The summed E-state index contributed by atoms with van der Waals surface area (Å²) < 4.78 is 0. The van der Waals surface area contributed by atoms with Gasteiger partial charge in [-0.3, -0.25) is 0 Å². The maximum Gasteiger partial charge on any atom is 0.0407 e. The van der Waals surface area contributed by atoms with Crippen LogP contribution in [0.3, 0.4) is 0 Å². The molecule has 0 bridgehead atoms. The molecule has 78 valence electrons. The first-order valence-corrected chi connectivity index (χ1v) is 6.19. The van der Waals surface area contributed by atoms with Crippen molar-refractivity contribution in [3.8, 4) is 0 Å². The fraction of sp³-hybridized carbons (Fsp3) is 0.500. The quantitative estimate of drug-likeness (QED) is 0.740. The molecule has 0 amide bonds. The summed E-state index contributed by atoms with van der Waals surface area (Å²) in [4.78, 5) is 2.34. The Bertz CT molecular complexity index is 285. The van der Waals surface area contributed by atoms with E-state index >= 15 is 0 Å². The van der Waals surface area contributed by atoms with Gasteiger partial charge in [0.25, 0.3) is 0 Å². The molecule has 1 aromatic rings. The molecule has 0 saturated carbocycles. The van der Waals surface area contributed by atoms with Crippen LogP contribution in [0.25, 0.3) is 0 Å². The van der Waals surface area contributed by atoms with Gasteiger partial charge in [-0.2, -0.15) is 0 Å². The fourth-order valence-electron chi connectivity index (χ4n) is 1.48. The van der Waals surface area contributed by atoms with E-state index < -0.39 is 0 Å². The van der Waals surface area contributed by atoms with Gasteiger partial charge in [0, 0.05) is 24.1 Å². The van der Waals surface area contributed by atoms with Gasteiger partial charge in [0.2, 0.25) is 0 Å². The lowest BCUT2D eigenvalue weighted by molar-refractivity contribution is 0.662. The highest BCUT2D eigenvalue weighted by atomic mass is 79.9. The summed E-state index contributed by atoms with van der Waals surface area (Å²) in [5.41, 5.74) is 2.69. The number of anilines is 1. The smallest absolute Gasteiger partial charge is 0.0407 e. The van der Waals surface area contributed by atoms with Crippen LogP contribution < -0.4 is 4.90 Å². The van der Waals surface area contributed by atoms with Crippen molar-refractivity contribution in [3.05, 3.63) is 29.8 Å². The molecule has 1 nitrogen and oxygen atoms in total. The molecule has 1 rings (SSSR count). The average molecular weight is 256 g/mol. The van der Waals surface area contributed by atoms with Gasteiger partial charge in [0.05, 0.1) is 0 Å². The molecule has 0 radical (unpaired) electrons. The molecule has 0 aliphatic rings. The molecule has 0 N–H and O–H groups in total. The Morgan fingerprint density at radius 2 is 2.00 bits per heavy atom. The molecule has 0 aromatic heterocycles. The van der Waals surface area contributed by atoms with E-state index in [1.54, 1.807) is 0 Å². The zero-order chi connectivity index (χ0) is 10.6. The first kappa shape index (κ1) is 11.6. The van der Waals surface area contributed by atoms with Crippen molar-refractivity contribution in [3.63, 3.8) is 0 Å². The van der Waals surface area contributed by atoms with Crippen LogP contribution in [0.1, 0.15) is 25.8 Å². The third kappa shape index (κ3) is 2.50. The molecular weight excluding hydrogens is 238 g/mol. The van der Waals surface area contributed by atoms with Gasteiger partial charge in [0.1, 0.15) is 0 Å². The molecule has 0 saturated heterocycles. The second-order valence-electron chi connectivity index (χ2n) is 3.63. The number of rotatable bonds is 4. The largest absolute Gasteiger partial charge is 0.372 e. The van der Waals surface area contributed by atoms with E-state index in [4.69, 9.17) is 0 Å². The summed E-state index contributed by atoms with van der Waals surface area (Å²) in [5, 5.41) is 0.921. The predicted molar refractivity (Wildman–Crippen MR) is 67.2 cm³/mol. The number of halogens is 1. The molecule has 1 atom stereocenters. The molecule has 1 aromatic carbocycles. The van der Waals surface area contributed by atoms with E-state index in [0.29, 0.717) is 6.04 Å². The number of hydrogen-bond acceptors (Lipinski definition) is 1. The summed E-state index contributed by atoms with van der Waals surface area (Å²) in [6, 6.07) is 9.13. The van der Waals surface area contributed by atoms with E-state index in [1.807, 2.05) is 0 Å². The summed E-state index contributed by atoms with van der Waals surface area (Å²) in [6.07, 6.45) is 1.17. The first-order valence-electron chi connectivity index (χ1n) is 5.07. The van der Waals surface area contributed by atoms with Gasteiger partial charge in [-0.05, 0) is 25.0 Å². The third-order valence-corrected chi connectivity index (χ3v) is 3.37. The molecule has 2 heteroatoms. The minimum atomic E-state index is 0.593. The van der Waals surface area contributed by atoms with Gasteiger partial charge in [-0.15, -0.1) is 0 Å². The topological polar surface area (TPSA) is 3.24 Å². The molecule has 0 aliphatic carbocycles. The van der Waals surface area contributed by atoms with E-state index in [1.165, 1.54) is 17.7 Å². The number of nitrogens with zero attached hydrogens (tertiary/aromatic N) is 1. The lowest BCUT2D eigenvalue weighted by Crippen LogP contribution is -2.28. The van der Waals surface area contributed by atoms with Crippen molar-refractivity contribution in [1.82, 2.24) is 0 Å². The van der Waals surface area contributed by atoms with Crippen LogP contribution in [0, 0.1) is 0 Å². The van der Waals surface area contributed by atoms with E-state index in [9.17, 15) is 0 Å². The number of alkyl halides is 1. The minimum absolute atomic E-state index is 0.593. The molecule has 0 aliphatic heterocycles. The van der Waals surface area contributed by atoms with E-state index in [-0.39, 0.29) is 0 Å². The van der Waals surface area contributed by atoms with Gasteiger partial charge < -0.3 is 4.90 Å². The predicted octanol–water partition coefficient (Wildman–Crippen LogP) is 3.82. The highest BCUT2D eigenvalue weighted by Crippen LogP contribution is 2.23. The normalized spacial score (nSPS) is 12.6. The molecule has 14 heavy (non-hydrogen) atoms. The summed E-state index contributed by atoms with van der Waals surface area (Å²) in [5.74, 6) is 0. The molecule has 0 spiro atoms. The Kier molecular flexibility index (Phi) is 4.46. The number of para-hydroxylation sites is 1. The molecule has 1 unspecified atom stereocenters. The standard InChI is InChI=1S/C12H18BrN/c1-4-10(2)14(3)12-8-6-5-7-11(12)9-13/h5-8,10H,4,9H2,1-3H3. The maximum absolute atomic E-state index is 3.52. The zero-order valence-corrected chi connectivity index (χ0v) is 10.7. The number of benzene rings is 1. The van der Waals surface area contributed by atoms with E-state index in [0.717, 1.165) is 5.33 Å². The molecule has 0 heterocycles. The summed E-state index contributed by atoms with van der Waals surface area (Å²) >= 11 is 3.52. The van der Waals surface area contributed by atoms with Crippen molar-refractivity contribution in [2.45, 2.75) is 31.6 Å². The van der Waals surface area contributed by atoms with Crippen LogP contribution in [-0.2, 0) is 5.33 Å². The van der Waals surface area contributed by atoms with Crippen molar-refractivity contribution < 1.29 is 0 Å². The third-order valence-electron chi connectivity index (χ3n) is 2.77. The monoisotopic (exact) mass is 255 g/mol. The molecular formula is C12H18BrN. The maximum atomic E-state index is 3.52. The highest BCUT2D eigenvalue weighted by Gasteiger charge is 2.10. The van der Waals surface area contributed by atoms with Crippen LogP contribution in [-0.4, -0.2) is 13.1 Å². The van der Waals surface area contributed by atoms with Gasteiger partial charge in [-0.25, -0.2) is 0 Å².